The number of carbonyl (C=O) groups excluding carboxylic acids is 1. The molecule has 4 heteroatoms. The molecular weight excluding hydrogens is 723 g/mol. The first-order valence-electron chi connectivity index (χ1n) is 27.7. The summed E-state index contributed by atoms with van der Waals surface area (Å²) < 4.78 is 0. The van der Waals surface area contributed by atoms with Crippen molar-refractivity contribution in [3.63, 3.8) is 0 Å². The molecule has 0 fully saturated rings. The van der Waals surface area contributed by atoms with Crippen molar-refractivity contribution >= 4 is 5.91 Å². The van der Waals surface area contributed by atoms with Crippen molar-refractivity contribution in [3.8, 4) is 0 Å². The summed E-state index contributed by atoms with van der Waals surface area (Å²) in [4.78, 5) is 12.4. The highest BCUT2D eigenvalue weighted by molar-refractivity contribution is 5.76. The van der Waals surface area contributed by atoms with Gasteiger partial charge in [-0.2, -0.15) is 0 Å². The molecule has 0 unspecified atom stereocenters. The van der Waals surface area contributed by atoms with E-state index < -0.39 is 12.1 Å². The van der Waals surface area contributed by atoms with Crippen LogP contribution in [-0.4, -0.2) is 34.9 Å². The number of amides is 1. The summed E-state index contributed by atoms with van der Waals surface area (Å²) in [6, 6.07) is -0.529. The fraction of sp³-hybridized carbons (Fsp3) is 0.982. The summed E-state index contributed by atoms with van der Waals surface area (Å²) in [7, 11) is 0. The molecule has 0 aliphatic rings. The maximum Gasteiger partial charge on any atom is 0.220 e. The van der Waals surface area contributed by atoms with Crippen molar-refractivity contribution in [2.24, 2.45) is 0 Å². The van der Waals surface area contributed by atoms with Crippen LogP contribution in [0.1, 0.15) is 328 Å². The first-order valence-corrected chi connectivity index (χ1v) is 27.7. The Morgan fingerprint density at radius 3 is 0.763 bits per heavy atom. The van der Waals surface area contributed by atoms with Gasteiger partial charge in [-0.1, -0.05) is 309 Å². The highest BCUT2D eigenvalue weighted by Gasteiger charge is 2.20. The van der Waals surface area contributed by atoms with E-state index in [0.717, 1.165) is 25.7 Å². The largest absolute Gasteiger partial charge is 0.394 e. The molecule has 0 saturated heterocycles. The highest BCUT2D eigenvalue weighted by atomic mass is 16.3. The van der Waals surface area contributed by atoms with E-state index in [1.54, 1.807) is 0 Å². The molecule has 59 heavy (non-hydrogen) atoms. The molecule has 0 heterocycles. The van der Waals surface area contributed by atoms with Crippen LogP contribution >= 0.6 is 0 Å². The molecule has 0 aromatic heterocycles. The lowest BCUT2D eigenvalue weighted by molar-refractivity contribution is -0.123. The molecule has 0 bridgehead atoms. The number of carbonyl (C=O) groups is 1. The van der Waals surface area contributed by atoms with E-state index in [4.69, 9.17) is 0 Å². The van der Waals surface area contributed by atoms with Crippen LogP contribution in [0.3, 0.4) is 0 Å². The molecule has 0 aliphatic carbocycles. The van der Waals surface area contributed by atoms with E-state index in [-0.39, 0.29) is 12.5 Å². The summed E-state index contributed by atoms with van der Waals surface area (Å²) in [6.07, 6.45) is 65.4. The molecule has 4 nitrogen and oxygen atoms in total. The predicted molar refractivity (Wildman–Crippen MR) is 263 cm³/mol. The van der Waals surface area contributed by atoms with E-state index in [1.807, 2.05) is 0 Å². The fourth-order valence-corrected chi connectivity index (χ4v) is 9.13. The van der Waals surface area contributed by atoms with E-state index in [0.29, 0.717) is 12.8 Å². The number of hydrogen-bond acceptors (Lipinski definition) is 3. The topological polar surface area (TPSA) is 69.6 Å². The molecule has 0 spiro atoms. The minimum absolute atomic E-state index is 0.0248. The lowest BCUT2D eigenvalue weighted by Crippen LogP contribution is -2.45. The van der Waals surface area contributed by atoms with Crippen LogP contribution in [-0.2, 0) is 4.79 Å². The van der Waals surface area contributed by atoms with Crippen molar-refractivity contribution in [1.82, 2.24) is 5.32 Å². The summed E-state index contributed by atoms with van der Waals surface area (Å²) >= 11 is 0. The molecule has 0 saturated carbocycles. The van der Waals surface area contributed by atoms with Gasteiger partial charge < -0.3 is 15.5 Å². The molecule has 0 aromatic rings. The van der Waals surface area contributed by atoms with E-state index in [9.17, 15) is 15.0 Å². The second kappa shape index (κ2) is 51.7. The average Bonchev–Trinajstić information content (AvgIpc) is 3.24. The SMILES string of the molecule is CCCCCCCCCCCCCCCCCCCCCCCCCCCCCCCCCCCCCCC(=O)N[C@@H](CO)[C@H](O)CCCCCCCCCCCCC. The second-order valence-electron chi connectivity index (χ2n) is 19.4. The smallest absolute Gasteiger partial charge is 0.220 e. The van der Waals surface area contributed by atoms with Crippen molar-refractivity contribution in [2.45, 2.75) is 341 Å². The van der Waals surface area contributed by atoms with Gasteiger partial charge in [0.05, 0.1) is 18.8 Å². The average molecular weight is 834 g/mol. The minimum Gasteiger partial charge on any atom is -0.394 e. The van der Waals surface area contributed by atoms with Gasteiger partial charge in [0.1, 0.15) is 0 Å². The van der Waals surface area contributed by atoms with Gasteiger partial charge >= 0.3 is 0 Å². The van der Waals surface area contributed by atoms with Gasteiger partial charge in [-0.25, -0.2) is 0 Å². The van der Waals surface area contributed by atoms with Crippen LogP contribution in [0.5, 0.6) is 0 Å². The standard InChI is InChI=1S/C55H111NO3/c1-3-5-7-9-11-13-15-16-17-18-19-20-21-22-23-24-25-26-27-28-29-30-31-32-33-34-35-36-37-38-39-41-43-45-47-49-51-55(59)56-53(52-57)54(58)50-48-46-44-42-40-14-12-10-8-6-4-2/h53-54,57-58H,3-52H2,1-2H3,(H,56,59)/t53-,54+/m0/s1. The van der Waals surface area contributed by atoms with Gasteiger partial charge in [0.25, 0.3) is 0 Å². The van der Waals surface area contributed by atoms with Gasteiger partial charge in [0.15, 0.2) is 0 Å². The van der Waals surface area contributed by atoms with Crippen molar-refractivity contribution in [1.29, 1.82) is 0 Å². The molecule has 1 amide bonds. The third-order valence-corrected chi connectivity index (χ3v) is 13.4. The Morgan fingerprint density at radius 1 is 0.339 bits per heavy atom. The third kappa shape index (κ3) is 48.3. The minimum atomic E-state index is -0.652. The van der Waals surface area contributed by atoms with Crippen LogP contribution in [0.25, 0.3) is 0 Å². The Kier molecular flexibility index (Phi) is 51.2. The first-order chi connectivity index (χ1) is 29.2. The fourth-order valence-electron chi connectivity index (χ4n) is 9.13. The van der Waals surface area contributed by atoms with Crippen LogP contribution in [0.2, 0.25) is 0 Å². The Morgan fingerprint density at radius 2 is 0.542 bits per heavy atom. The van der Waals surface area contributed by atoms with Gasteiger partial charge in [-0.15, -0.1) is 0 Å². The molecule has 0 aliphatic heterocycles. The Balaban J connectivity index is 3.31. The summed E-state index contributed by atoms with van der Waals surface area (Å²) in [5.41, 5.74) is 0. The Hall–Kier alpha value is -0.610. The van der Waals surface area contributed by atoms with Crippen molar-refractivity contribution < 1.29 is 15.0 Å². The molecule has 0 rings (SSSR count). The number of unbranched alkanes of at least 4 members (excludes halogenated alkanes) is 45. The molecule has 354 valence electrons. The van der Waals surface area contributed by atoms with Crippen LogP contribution in [0.15, 0.2) is 0 Å². The number of nitrogens with one attached hydrogen (secondary N) is 1. The van der Waals surface area contributed by atoms with Crippen molar-refractivity contribution in [3.05, 3.63) is 0 Å². The zero-order chi connectivity index (χ0) is 42.8. The summed E-state index contributed by atoms with van der Waals surface area (Å²) in [5.74, 6) is -0.0248. The van der Waals surface area contributed by atoms with E-state index >= 15 is 0 Å². The molecule has 2 atom stereocenters. The van der Waals surface area contributed by atoms with Crippen LogP contribution in [0.4, 0.5) is 0 Å². The molecule has 3 N–H and O–H groups in total. The first kappa shape index (κ1) is 58.4. The van der Waals surface area contributed by atoms with E-state index in [1.165, 1.54) is 276 Å². The number of hydrogen-bond donors (Lipinski definition) is 3. The number of rotatable bonds is 52. The van der Waals surface area contributed by atoms with Gasteiger partial charge in [0, 0.05) is 6.42 Å². The van der Waals surface area contributed by atoms with Gasteiger partial charge in [0.2, 0.25) is 5.91 Å². The third-order valence-electron chi connectivity index (χ3n) is 13.4. The zero-order valence-corrected chi connectivity index (χ0v) is 40.8. The number of aliphatic hydroxyl groups excluding tert-OH is 2. The van der Waals surface area contributed by atoms with Crippen LogP contribution in [0, 0.1) is 0 Å². The lowest BCUT2D eigenvalue weighted by atomic mass is 10.0. The molecular formula is C55H111NO3. The molecule has 0 radical (unpaired) electrons. The normalized spacial score (nSPS) is 12.7. The predicted octanol–water partition coefficient (Wildman–Crippen LogP) is 18.0. The van der Waals surface area contributed by atoms with Crippen LogP contribution < -0.4 is 5.32 Å². The second-order valence-corrected chi connectivity index (χ2v) is 19.4. The maximum atomic E-state index is 12.4. The summed E-state index contributed by atoms with van der Waals surface area (Å²) in [6.45, 7) is 4.38. The Bertz CT molecular complexity index is 773. The van der Waals surface area contributed by atoms with Gasteiger partial charge in [-0.05, 0) is 12.8 Å². The Labute approximate surface area is 372 Å². The monoisotopic (exact) mass is 834 g/mol. The maximum absolute atomic E-state index is 12.4. The van der Waals surface area contributed by atoms with E-state index in [2.05, 4.69) is 19.2 Å². The number of aliphatic hydroxyl groups is 2. The van der Waals surface area contributed by atoms with Crippen molar-refractivity contribution in [2.75, 3.05) is 6.61 Å². The zero-order valence-electron chi connectivity index (χ0n) is 40.8. The lowest BCUT2D eigenvalue weighted by Gasteiger charge is -2.22. The summed E-state index contributed by atoms with van der Waals surface area (Å²) in [5, 5.41) is 23.2. The molecule has 0 aromatic carbocycles. The highest BCUT2D eigenvalue weighted by Crippen LogP contribution is 2.18. The quantitative estimate of drug-likeness (QED) is 0.0535. The van der Waals surface area contributed by atoms with Gasteiger partial charge in [-0.3, -0.25) is 4.79 Å².